The van der Waals surface area contributed by atoms with Crippen LogP contribution in [0.4, 0.5) is 9.57 Å². The van der Waals surface area contributed by atoms with Crippen LogP contribution < -0.4 is 4.90 Å². The number of aryl methyl sites for hydroxylation is 1. The minimum atomic E-state index is -4.73. The average molecular weight is 282 g/mol. The van der Waals surface area contributed by atoms with Gasteiger partial charge in [0.2, 0.25) is 5.91 Å². The van der Waals surface area contributed by atoms with Gasteiger partial charge in [-0.2, -0.15) is 13.7 Å². The lowest BCUT2D eigenvalue weighted by Gasteiger charge is -2.18. The normalized spacial score (nSPS) is 19.5. The second-order valence-electron chi connectivity index (χ2n) is 4.42. The number of benzene rings is 1. The molecule has 1 aliphatic rings. The van der Waals surface area contributed by atoms with Crippen molar-refractivity contribution in [2.75, 3.05) is 11.4 Å². The molecule has 19 heavy (non-hydrogen) atoms. The Bertz CT molecular complexity index is 679. The third kappa shape index (κ3) is 2.58. The summed E-state index contributed by atoms with van der Waals surface area (Å²) in [7, 11) is -4.73. The minimum Gasteiger partial charge on any atom is -0.311 e. The van der Waals surface area contributed by atoms with Crippen LogP contribution in [0.2, 0.25) is 0 Å². The fourth-order valence-corrected chi connectivity index (χ4v) is 2.73. The van der Waals surface area contributed by atoms with Crippen molar-refractivity contribution < 1.29 is 17.1 Å². The fourth-order valence-electron chi connectivity index (χ4n) is 2.07. The lowest BCUT2D eigenvalue weighted by Crippen LogP contribution is -2.27. The molecule has 1 saturated heterocycles. The summed E-state index contributed by atoms with van der Waals surface area (Å²) in [4.78, 5) is 13.0. The van der Waals surface area contributed by atoms with Gasteiger partial charge in [0.15, 0.2) is 0 Å². The van der Waals surface area contributed by atoms with Crippen LogP contribution in [0.25, 0.3) is 0 Å². The van der Waals surface area contributed by atoms with Crippen molar-refractivity contribution in [2.45, 2.75) is 18.6 Å². The van der Waals surface area contributed by atoms with E-state index >= 15 is 0 Å². The molecule has 7 heteroatoms. The van der Waals surface area contributed by atoms with E-state index in [0.717, 1.165) is 5.56 Å². The summed E-state index contributed by atoms with van der Waals surface area (Å²) in [6.45, 7) is 1.52. The van der Waals surface area contributed by atoms with Crippen LogP contribution in [-0.2, 0) is 15.0 Å². The largest absolute Gasteiger partial charge is 0.311 e. The smallest absolute Gasteiger partial charge is 0.307 e. The van der Waals surface area contributed by atoms with E-state index in [4.69, 9.17) is 5.26 Å². The predicted molar refractivity (Wildman–Crippen MR) is 66.7 cm³/mol. The van der Waals surface area contributed by atoms with Gasteiger partial charge >= 0.3 is 10.2 Å². The van der Waals surface area contributed by atoms with E-state index in [-0.39, 0.29) is 13.0 Å². The lowest BCUT2D eigenvalue weighted by atomic mass is 10.1. The summed E-state index contributed by atoms with van der Waals surface area (Å²) in [6.07, 6.45) is -0.366. The first-order chi connectivity index (χ1) is 8.82. The summed E-state index contributed by atoms with van der Waals surface area (Å²) < 4.78 is 34.7. The number of halogens is 1. The van der Waals surface area contributed by atoms with Crippen molar-refractivity contribution >= 4 is 21.8 Å². The fraction of sp³-hybridized carbons (Fsp3) is 0.333. The molecule has 0 spiro atoms. The van der Waals surface area contributed by atoms with Crippen molar-refractivity contribution in [3.63, 3.8) is 0 Å². The second-order valence-corrected chi connectivity index (χ2v) is 6.04. The van der Waals surface area contributed by atoms with E-state index in [9.17, 15) is 17.1 Å². The Balaban J connectivity index is 2.39. The van der Waals surface area contributed by atoms with Gasteiger partial charge in [0.25, 0.3) is 0 Å². The van der Waals surface area contributed by atoms with Gasteiger partial charge in [0.1, 0.15) is 5.25 Å². The molecule has 0 radical (unpaired) electrons. The van der Waals surface area contributed by atoms with Gasteiger partial charge in [-0.3, -0.25) is 4.79 Å². The summed E-state index contributed by atoms with van der Waals surface area (Å²) in [5.41, 5.74) is 1.54. The molecule has 2 rings (SSSR count). The quantitative estimate of drug-likeness (QED) is 0.765. The maximum Gasteiger partial charge on any atom is 0.307 e. The molecule has 1 fully saturated rings. The lowest BCUT2D eigenvalue weighted by molar-refractivity contribution is -0.117. The van der Waals surface area contributed by atoms with Gasteiger partial charge in [-0.15, -0.1) is 3.89 Å². The number of hydrogen-bond acceptors (Lipinski definition) is 4. The number of rotatable bonds is 2. The molecule has 0 aromatic heterocycles. The summed E-state index contributed by atoms with van der Waals surface area (Å²) in [6, 6.07) is 6.71. The molecular formula is C12H11FN2O3S. The highest BCUT2D eigenvalue weighted by Gasteiger charge is 2.39. The molecule has 1 unspecified atom stereocenters. The number of nitrogens with zero attached hydrogens (tertiary/aromatic N) is 2. The van der Waals surface area contributed by atoms with Crippen LogP contribution in [0, 0.1) is 18.3 Å². The minimum absolute atomic E-state index is 0.215. The van der Waals surface area contributed by atoms with Gasteiger partial charge in [-0.1, -0.05) is 6.07 Å². The summed E-state index contributed by atoms with van der Waals surface area (Å²) in [5.74, 6) is -0.454. The molecule has 1 aromatic rings. The standard InChI is InChI=1S/C12H11FN2O3S/c1-8-2-3-9(6-14)4-11(8)15-7-10(5-12(15)16)19(13,17)18/h2-4,10H,5,7H2,1H3. The SMILES string of the molecule is Cc1ccc(C#N)cc1N1CC(S(=O)(=O)F)CC1=O. The van der Waals surface area contributed by atoms with E-state index in [1.165, 1.54) is 11.0 Å². The van der Waals surface area contributed by atoms with Crippen LogP contribution >= 0.6 is 0 Å². The molecule has 1 aliphatic heterocycles. The highest BCUT2D eigenvalue weighted by molar-refractivity contribution is 7.87. The zero-order chi connectivity index (χ0) is 14.2. The number of carbonyl (C=O) groups excluding carboxylic acids is 1. The molecule has 1 heterocycles. The Morgan fingerprint density at radius 3 is 2.68 bits per heavy atom. The number of anilines is 1. The number of carbonyl (C=O) groups is 1. The van der Waals surface area contributed by atoms with Gasteiger partial charge in [0, 0.05) is 18.7 Å². The maximum atomic E-state index is 12.9. The van der Waals surface area contributed by atoms with Gasteiger partial charge in [-0.05, 0) is 24.6 Å². The van der Waals surface area contributed by atoms with E-state index < -0.39 is 21.4 Å². The Morgan fingerprint density at radius 2 is 2.16 bits per heavy atom. The third-order valence-electron chi connectivity index (χ3n) is 3.12. The molecule has 100 valence electrons. The third-order valence-corrected chi connectivity index (χ3v) is 4.23. The molecule has 0 saturated carbocycles. The Labute approximate surface area is 110 Å². The molecule has 1 amide bonds. The first-order valence-corrected chi connectivity index (χ1v) is 7.02. The second kappa shape index (κ2) is 4.63. The van der Waals surface area contributed by atoms with Gasteiger partial charge < -0.3 is 4.90 Å². The van der Waals surface area contributed by atoms with Crippen LogP contribution in [0.1, 0.15) is 17.5 Å². The van der Waals surface area contributed by atoms with Gasteiger partial charge in [-0.25, -0.2) is 0 Å². The maximum absolute atomic E-state index is 12.9. The number of hydrogen-bond donors (Lipinski definition) is 0. The molecule has 1 aromatic carbocycles. The molecule has 5 nitrogen and oxygen atoms in total. The van der Waals surface area contributed by atoms with E-state index in [1.54, 1.807) is 19.1 Å². The van der Waals surface area contributed by atoms with Crippen LogP contribution in [0.5, 0.6) is 0 Å². The average Bonchev–Trinajstić information content (AvgIpc) is 2.72. The highest BCUT2D eigenvalue weighted by atomic mass is 32.3. The first kappa shape index (κ1) is 13.5. The molecule has 0 N–H and O–H groups in total. The van der Waals surface area contributed by atoms with Crippen molar-refractivity contribution in [1.29, 1.82) is 5.26 Å². The van der Waals surface area contributed by atoms with E-state index in [2.05, 4.69) is 0 Å². The van der Waals surface area contributed by atoms with Crippen LogP contribution in [-0.4, -0.2) is 26.1 Å². The van der Waals surface area contributed by atoms with Gasteiger partial charge in [0.05, 0.1) is 11.6 Å². The summed E-state index contributed by atoms with van der Waals surface area (Å²) in [5, 5.41) is 7.50. The highest BCUT2D eigenvalue weighted by Crippen LogP contribution is 2.29. The molecule has 1 atom stereocenters. The first-order valence-electron chi connectivity index (χ1n) is 5.57. The van der Waals surface area contributed by atoms with Crippen molar-refractivity contribution in [1.82, 2.24) is 0 Å². The zero-order valence-electron chi connectivity index (χ0n) is 10.1. The van der Waals surface area contributed by atoms with Crippen molar-refractivity contribution in [3.05, 3.63) is 29.3 Å². The molecule has 0 aliphatic carbocycles. The number of amides is 1. The molecular weight excluding hydrogens is 271 g/mol. The molecule has 0 bridgehead atoms. The van der Waals surface area contributed by atoms with Crippen molar-refractivity contribution in [3.8, 4) is 6.07 Å². The van der Waals surface area contributed by atoms with E-state index in [0.29, 0.717) is 11.3 Å². The predicted octanol–water partition coefficient (Wildman–Crippen LogP) is 1.27. The summed E-state index contributed by atoms with van der Waals surface area (Å²) >= 11 is 0. The monoisotopic (exact) mass is 282 g/mol. The topological polar surface area (TPSA) is 78.2 Å². The van der Waals surface area contributed by atoms with E-state index in [1.807, 2.05) is 6.07 Å². The Kier molecular flexibility index (Phi) is 3.28. The number of nitriles is 1. The van der Waals surface area contributed by atoms with Crippen LogP contribution in [0.3, 0.4) is 0 Å². The zero-order valence-corrected chi connectivity index (χ0v) is 10.9. The van der Waals surface area contributed by atoms with Crippen LogP contribution in [0.15, 0.2) is 18.2 Å². The Morgan fingerprint density at radius 1 is 1.47 bits per heavy atom. The Hall–Kier alpha value is -1.94. The van der Waals surface area contributed by atoms with Crippen molar-refractivity contribution in [2.24, 2.45) is 0 Å².